The lowest BCUT2D eigenvalue weighted by atomic mass is 9.89. The minimum absolute atomic E-state index is 0.0318. The molecule has 0 amide bonds. The van der Waals surface area contributed by atoms with Gasteiger partial charge in [-0.25, -0.2) is 9.79 Å². The number of aromatic hydroxyl groups is 1. The molecule has 1 aliphatic carbocycles. The fraction of sp³-hybridized carbons (Fsp3) is 0.333. The predicted octanol–water partition coefficient (Wildman–Crippen LogP) is 9.86. The Labute approximate surface area is 308 Å². The highest BCUT2D eigenvalue weighted by Gasteiger charge is 2.38. The van der Waals surface area contributed by atoms with Crippen LogP contribution in [0.3, 0.4) is 0 Å². The van der Waals surface area contributed by atoms with E-state index in [1.165, 1.54) is 24.8 Å². The smallest absolute Gasteiger partial charge is 0.347 e. The van der Waals surface area contributed by atoms with Gasteiger partial charge in [0.15, 0.2) is 6.10 Å². The van der Waals surface area contributed by atoms with Gasteiger partial charge in [0.1, 0.15) is 29.2 Å². The van der Waals surface area contributed by atoms with Crippen molar-refractivity contribution in [3.05, 3.63) is 144 Å². The number of allylic oxidation sites excluding steroid dienone is 2. The van der Waals surface area contributed by atoms with Crippen LogP contribution in [0.2, 0.25) is 0 Å². The molecule has 4 aromatic carbocycles. The molecule has 4 unspecified atom stereocenters. The Kier molecular flexibility index (Phi) is 12.3. The van der Waals surface area contributed by atoms with Crippen molar-refractivity contribution in [3.63, 3.8) is 0 Å². The maximum Gasteiger partial charge on any atom is 0.347 e. The van der Waals surface area contributed by atoms with Gasteiger partial charge in [0, 0.05) is 23.1 Å². The molecule has 0 bridgehead atoms. The van der Waals surface area contributed by atoms with Crippen LogP contribution < -0.4 is 15.4 Å². The third-order valence-electron chi connectivity index (χ3n) is 9.88. The van der Waals surface area contributed by atoms with E-state index in [9.17, 15) is 9.90 Å². The number of phenolic OH excluding ortho intramolecular Hbond substituents is 1. The van der Waals surface area contributed by atoms with Gasteiger partial charge < -0.3 is 19.9 Å². The Morgan fingerprint density at radius 1 is 0.885 bits per heavy atom. The van der Waals surface area contributed by atoms with Gasteiger partial charge in [-0.2, -0.15) is 0 Å². The highest BCUT2D eigenvalue weighted by molar-refractivity contribution is 6.02. The first-order chi connectivity index (χ1) is 25.3. The monoisotopic (exact) mass is 697 g/mol. The Hall–Kier alpha value is -5.14. The number of ether oxygens (including phenoxy) is 2. The number of phenols is 1. The van der Waals surface area contributed by atoms with E-state index in [4.69, 9.17) is 14.5 Å². The number of carbonyl (C=O) groups excluding carboxylic acids is 1. The van der Waals surface area contributed by atoms with E-state index in [-0.39, 0.29) is 5.75 Å². The van der Waals surface area contributed by atoms with Crippen molar-refractivity contribution >= 4 is 11.8 Å². The standard InChI is InChI=1S/C45H51N3O4/c1-4-5-6-7-8-15-30-51-44(50)32(2)52-39-28-29-40(41(49)31-39)45(3)47-42(37-24-20-35(21-25-37)33-16-11-9-12-17-33)46-43(48-45)38-26-22-36(23-27-38)34-18-13-10-14-19-34/h9-14,16-22,24-29,31-32,36,42,47,49H,4-8,15,23,30H2,1-3H3,(H,46,48). The molecular weight excluding hydrogens is 647 g/mol. The Balaban J connectivity index is 1.19. The average Bonchev–Trinajstić information content (AvgIpc) is 3.18. The number of amidine groups is 1. The molecule has 7 heteroatoms. The second-order valence-electron chi connectivity index (χ2n) is 13.9. The molecule has 0 saturated carbocycles. The zero-order valence-corrected chi connectivity index (χ0v) is 30.6. The van der Waals surface area contributed by atoms with Crippen molar-refractivity contribution in [1.82, 2.24) is 10.6 Å². The molecule has 2 aliphatic rings. The molecule has 0 saturated heterocycles. The molecule has 4 atom stereocenters. The Morgan fingerprint density at radius 3 is 2.27 bits per heavy atom. The topological polar surface area (TPSA) is 92.2 Å². The molecule has 6 rings (SSSR count). The lowest BCUT2D eigenvalue weighted by Crippen LogP contribution is -2.58. The molecule has 1 heterocycles. The first-order valence-electron chi connectivity index (χ1n) is 18.7. The number of nitrogens with zero attached hydrogens (tertiary/aromatic N) is 1. The van der Waals surface area contributed by atoms with Crippen LogP contribution >= 0.6 is 0 Å². The molecule has 7 nitrogen and oxygen atoms in total. The van der Waals surface area contributed by atoms with E-state index in [0.29, 0.717) is 23.8 Å². The summed E-state index contributed by atoms with van der Waals surface area (Å²) in [7, 11) is 0. The summed E-state index contributed by atoms with van der Waals surface area (Å²) < 4.78 is 11.4. The molecule has 0 radical (unpaired) electrons. The maximum atomic E-state index is 12.6. The summed E-state index contributed by atoms with van der Waals surface area (Å²) in [5.74, 6) is 1.04. The second kappa shape index (κ2) is 17.4. The number of hydrogen-bond acceptors (Lipinski definition) is 7. The lowest BCUT2D eigenvalue weighted by molar-refractivity contribution is -0.151. The average molecular weight is 698 g/mol. The van der Waals surface area contributed by atoms with Crippen molar-refractivity contribution in [2.24, 2.45) is 4.99 Å². The zero-order valence-electron chi connectivity index (χ0n) is 30.6. The summed E-state index contributed by atoms with van der Waals surface area (Å²) in [6.07, 6.45) is 13.0. The molecule has 3 N–H and O–H groups in total. The number of benzene rings is 4. The molecule has 270 valence electrons. The summed E-state index contributed by atoms with van der Waals surface area (Å²) in [4.78, 5) is 17.8. The van der Waals surface area contributed by atoms with Crippen LogP contribution in [-0.4, -0.2) is 29.6 Å². The van der Waals surface area contributed by atoms with Crippen LogP contribution in [0, 0.1) is 0 Å². The summed E-state index contributed by atoms with van der Waals surface area (Å²) in [6, 6.07) is 34.4. The first kappa shape index (κ1) is 36.6. The minimum atomic E-state index is -0.908. The second-order valence-corrected chi connectivity index (χ2v) is 13.9. The van der Waals surface area contributed by atoms with Crippen LogP contribution in [0.15, 0.2) is 132 Å². The van der Waals surface area contributed by atoms with E-state index in [1.54, 1.807) is 19.1 Å². The molecule has 4 aromatic rings. The van der Waals surface area contributed by atoms with Crippen molar-refractivity contribution in [2.75, 3.05) is 6.61 Å². The van der Waals surface area contributed by atoms with Crippen molar-refractivity contribution < 1.29 is 19.4 Å². The van der Waals surface area contributed by atoms with Crippen LogP contribution in [0.25, 0.3) is 11.1 Å². The third-order valence-corrected chi connectivity index (χ3v) is 9.88. The predicted molar refractivity (Wildman–Crippen MR) is 209 cm³/mol. The largest absolute Gasteiger partial charge is 0.507 e. The SMILES string of the molecule is CCCCCCCCOC(=O)C(C)Oc1ccc(C2(C)NC(C3=CCC(c4ccccc4)C=C3)=NC(c3ccc(-c4ccccc4)cc3)N2)c(O)c1. The number of hydrogen-bond donors (Lipinski definition) is 3. The molecule has 52 heavy (non-hydrogen) atoms. The zero-order chi connectivity index (χ0) is 36.3. The van der Waals surface area contributed by atoms with Crippen LogP contribution in [-0.2, 0) is 15.2 Å². The quantitative estimate of drug-likeness (QED) is 0.0846. The number of rotatable bonds is 15. The number of aliphatic imine (C=N–C) groups is 1. The normalized spacial score (nSPS) is 20.3. The summed E-state index contributed by atoms with van der Waals surface area (Å²) >= 11 is 0. The molecular formula is C45H51N3O4. The minimum Gasteiger partial charge on any atom is -0.507 e. The van der Waals surface area contributed by atoms with E-state index >= 15 is 0 Å². The Morgan fingerprint density at radius 2 is 1.58 bits per heavy atom. The van der Waals surface area contributed by atoms with Crippen molar-refractivity contribution in [2.45, 2.75) is 89.6 Å². The molecule has 0 spiro atoms. The van der Waals surface area contributed by atoms with E-state index in [2.05, 4.69) is 96.4 Å². The van der Waals surface area contributed by atoms with Gasteiger partial charge in [-0.1, -0.05) is 142 Å². The molecule has 0 fully saturated rings. The van der Waals surface area contributed by atoms with Crippen LogP contribution in [0.4, 0.5) is 0 Å². The number of carbonyl (C=O) groups is 1. The summed E-state index contributed by atoms with van der Waals surface area (Å²) in [5.41, 5.74) is 5.28. The van der Waals surface area contributed by atoms with Crippen LogP contribution in [0.5, 0.6) is 11.5 Å². The third kappa shape index (κ3) is 9.20. The maximum absolute atomic E-state index is 12.6. The fourth-order valence-electron chi connectivity index (χ4n) is 6.85. The van der Waals surface area contributed by atoms with E-state index in [1.807, 2.05) is 37.3 Å². The fourth-order valence-corrected chi connectivity index (χ4v) is 6.85. The molecule has 1 aliphatic heterocycles. The summed E-state index contributed by atoms with van der Waals surface area (Å²) in [6.45, 7) is 6.26. The summed E-state index contributed by atoms with van der Waals surface area (Å²) in [5, 5.41) is 18.7. The van der Waals surface area contributed by atoms with Crippen molar-refractivity contribution in [3.8, 4) is 22.6 Å². The van der Waals surface area contributed by atoms with Gasteiger partial charge in [0.25, 0.3) is 0 Å². The van der Waals surface area contributed by atoms with E-state index in [0.717, 1.165) is 53.8 Å². The highest BCUT2D eigenvalue weighted by atomic mass is 16.6. The van der Waals surface area contributed by atoms with Gasteiger partial charge in [-0.05, 0) is 61.1 Å². The van der Waals surface area contributed by atoms with Crippen LogP contribution in [0.1, 0.15) is 94.5 Å². The highest BCUT2D eigenvalue weighted by Crippen LogP contribution is 2.37. The number of unbranched alkanes of at least 4 members (excludes halogenated alkanes) is 5. The lowest BCUT2D eigenvalue weighted by Gasteiger charge is -2.41. The first-order valence-corrected chi connectivity index (χ1v) is 18.7. The van der Waals surface area contributed by atoms with Crippen molar-refractivity contribution in [1.29, 1.82) is 0 Å². The van der Waals surface area contributed by atoms with Gasteiger partial charge in [-0.3, -0.25) is 5.32 Å². The van der Waals surface area contributed by atoms with Gasteiger partial charge in [-0.15, -0.1) is 0 Å². The Bertz CT molecular complexity index is 1870. The van der Waals surface area contributed by atoms with Gasteiger partial charge in [0.05, 0.1) is 6.61 Å². The van der Waals surface area contributed by atoms with E-state index < -0.39 is 23.9 Å². The number of esters is 1. The number of nitrogens with one attached hydrogen (secondary N) is 2. The van der Waals surface area contributed by atoms with Gasteiger partial charge >= 0.3 is 5.97 Å². The van der Waals surface area contributed by atoms with Gasteiger partial charge in [0.2, 0.25) is 0 Å². The molecule has 0 aromatic heterocycles.